The van der Waals surface area contributed by atoms with Crippen LogP contribution in [0.15, 0.2) is 30.6 Å². The Kier molecular flexibility index (Phi) is 3.44. The van der Waals surface area contributed by atoms with Crippen LogP contribution in [0, 0.1) is 6.92 Å². The van der Waals surface area contributed by atoms with Gasteiger partial charge in [-0.2, -0.15) is 5.10 Å². The van der Waals surface area contributed by atoms with Crippen LogP contribution in [0.4, 0.5) is 5.69 Å². The second-order valence-corrected chi connectivity index (χ2v) is 8.92. The van der Waals surface area contributed by atoms with Gasteiger partial charge in [-0.3, -0.25) is 4.68 Å². The van der Waals surface area contributed by atoms with Gasteiger partial charge in [-0.1, -0.05) is 12.1 Å². The van der Waals surface area contributed by atoms with Gasteiger partial charge < -0.3 is 4.90 Å². The zero-order valence-electron chi connectivity index (χ0n) is 13.3. The maximum Gasteiger partial charge on any atom is 0.152 e. The average Bonchev–Trinajstić information content (AvgIpc) is 3.19. The molecule has 0 spiro atoms. The molecule has 0 unspecified atom stereocenters. The number of anilines is 1. The molecule has 2 aliphatic heterocycles. The van der Waals surface area contributed by atoms with Crippen LogP contribution >= 0.6 is 0 Å². The molecule has 0 aliphatic carbocycles. The standard InChI is InChI=1S/C17H21N3O2S/c1-13-2-3-15-4-6-19(17(15)8-13)10-14-9-18-20(11-14)16-5-7-23(21,22)12-16/h2-3,8-9,11,16H,4-7,10,12H2,1H3/t16-/m0/s1. The minimum atomic E-state index is -2.87. The molecule has 122 valence electrons. The van der Waals surface area contributed by atoms with E-state index in [9.17, 15) is 8.42 Å². The van der Waals surface area contributed by atoms with Gasteiger partial charge in [-0.05, 0) is 37.0 Å². The van der Waals surface area contributed by atoms with E-state index in [0.29, 0.717) is 6.42 Å². The molecule has 0 radical (unpaired) electrons. The Balaban J connectivity index is 1.50. The number of benzene rings is 1. The van der Waals surface area contributed by atoms with Crippen LogP contribution in [0.2, 0.25) is 0 Å². The molecular formula is C17H21N3O2S. The zero-order chi connectivity index (χ0) is 16.0. The zero-order valence-corrected chi connectivity index (χ0v) is 14.1. The van der Waals surface area contributed by atoms with Gasteiger partial charge >= 0.3 is 0 Å². The first kappa shape index (κ1) is 14.8. The van der Waals surface area contributed by atoms with Crippen molar-refractivity contribution in [2.45, 2.75) is 32.4 Å². The summed E-state index contributed by atoms with van der Waals surface area (Å²) in [6.07, 6.45) is 5.65. The largest absolute Gasteiger partial charge is 0.367 e. The second-order valence-electron chi connectivity index (χ2n) is 6.69. The molecule has 4 rings (SSSR count). The predicted molar refractivity (Wildman–Crippen MR) is 90.5 cm³/mol. The lowest BCUT2D eigenvalue weighted by Gasteiger charge is -2.18. The number of aryl methyl sites for hydroxylation is 1. The number of hydrogen-bond donors (Lipinski definition) is 0. The summed E-state index contributed by atoms with van der Waals surface area (Å²) >= 11 is 0. The summed E-state index contributed by atoms with van der Waals surface area (Å²) in [6, 6.07) is 6.64. The first-order valence-corrected chi connectivity index (χ1v) is 9.90. The van der Waals surface area contributed by atoms with Crippen LogP contribution in [0.1, 0.15) is 29.2 Å². The Morgan fingerprint density at radius 2 is 2.22 bits per heavy atom. The highest BCUT2D eigenvalue weighted by molar-refractivity contribution is 7.91. The van der Waals surface area contributed by atoms with Crippen LogP contribution in [0.5, 0.6) is 0 Å². The van der Waals surface area contributed by atoms with E-state index in [4.69, 9.17) is 0 Å². The Labute approximate surface area is 136 Å². The average molecular weight is 331 g/mol. The highest BCUT2D eigenvalue weighted by Gasteiger charge is 2.29. The van der Waals surface area contributed by atoms with Crippen molar-refractivity contribution in [3.05, 3.63) is 47.3 Å². The molecular weight excluding hydrogens is 310 g/mol. The summed E-state index contributed by atoms with van der Waals surface area (Å²) in [4.78, 5) is 2.38. The molecule has 2 aliphatic rings. The van der Waals surface area contributed by atoms with E-state index in [1.165, 1.54) is 16.8 Å². The third-order valence-electron chi connectivity index (χ3n) is 4.84. The fraction of sp³-hybridized carbons (Fsp3) is 0.471. The molecule has 0 N–H and O–H groups in total. The fourth-order valence-corrected chi connectivity index (χ4v) is 5.29. The molecule has 0 saturated carbocycles. The molecule has 0 bridgehead atoms. The molecule has 23 heavy (non-hydrogen) atoms. The summed E-state index contributed by atoms with van der Waals surface area (Å²) in [5.74, 6) is 0.505. The van der Waals surface area contributed by atoms with E-state index < -0.39 is 9.84 Å². The van der Waals surface area contributed by atoms with Gasteiger partial charge in [0.2, 0.25) is 0 Å². The smallest absolute Gasteiger partial charge is 0.152 e. The third-order valence-corrected chi connectivity index (χ3v) is 6.59. The summed E-state index contributed by atoms with van der Waals surface area (Å²) in [6.45, 7) is 3.98. The summed E-state index contributed by atoms with van der Waals surface area (Å²) in [7, 11) is -2.87. The molecule has 1 saturated heterocycles. The van der Waals surface area contributed by atoms with Gasteiger partial charge in [-0.25, -0.2) is 8.42 Å². The second kappa shape index (κ2) is 5.37. The lowest BCUT2D eigenvalue weighted by atomic mass is 10.1. The summed E-state index contributed by atoms with van der Waals surface area (Å²) in [5, 5.41) is 4.40. The predicted octanol–water partition coefficient (Wildman–Crippen LogP) is 2.11. The minimum absolute atomic E-state index is 0.00172. The SMILES string of the molecule is Cc1ccc2c(c1)N(Cc1cnn([C@H]3CCS(=O)(=O)C3)c1)CC2. The highest BCUT2D eigenvalue weighted by atomic mass is 32.2. The molecule has 5 nitrogen and oxygen atoms in total. The van der Waals surface area contributed by atoms with Crippen molar-refractivity contribution >= 4 is 15.5 Å². The van der Waals surface area contributed by atoms with E-state index in [1.807, 2.05) is 17.1 Å². The third kappa shape index (κ3) is 2.87. The Hall–Kier alpha value is -1.82. The Morgan fingerprint density at radius 1 is 1.35 bits per heavy atom. The Bertz CT molecular complexity index is 841. The molecule has 6 heteroatoms. The molecule has 3 heterocycles. The Morgan fingerprint density at radius 3 is 3.00 bits per heavy atom. The van der Waals surface area contributed by atoms with Crippen LogP contribution in [0.25, 0.3) is 0 Å². The fourth-order valence-electron chi connectivity index (χ4n) is 3.58. The van der Waals surface area contributed by atoms with Gasteiger partial charge in [0.25, 0.3) is 0 Å². The van der Waals surface area contributed by atoms with Crippen LogP contribution in [-0.2, 0) is 22.8 Å². The lowest BCUT2D eigenvalue weighted by molar-refractivity contribution is 0.499. The number of sulfone groups is 1. The highest BCUT2D eigenvalue weighted by Crippen LogP contribution is 2.30. The topological polar surface area (TPSA) is 55.2 Å². The van der Waals surface area contributed by atoms with Gasteiger partial charge in [0.1, 0.15) is 0 Å². The van der Waals surface area contributed by atoms with Crippen LogP contribution in [-0.4, -0.2) is 36.2 Å². The van der Waals surface area contributed by atoms with E-state index >= 15 is 0 Å². The van der Waals surface area contributed by atoms with Crippen LogP contribution in [0.3, 0.4) is 0 Å². The number of rotatable bonds is 3. The van der Waals surface area contributed by atoms with E-state index in [0.717, 1.165) is 25.1 Å². The normalized spacial score (nSPS) is 22.5. The van der Waals surface area contributed by atoms with Crippen molar-refractivity contribution in [3.63, 3.8) is 0 Å². The van der Waals surface area contributed by atoms with Gasteiger partial charge in [-0.15, -0.1) is 0 Å². The molecule has 1 atom stereocenters. The summed E-state index contributed by atoms with van der Waals surface area (Å²) < 4.78 is 25.1. The maximum absolute atomic E-state index is 11.6. The number of hydrogen-bond acceptors (Lipinski definition) is 4. The van der Waals surface area contributed by atoms with Crippen molar-refractivity contribution in [1.29, 1.82) is 0 Å². The van der Waals surface area contributed by atoms with E-state index in [2.05, 4.69) is 35.1 Å². The van der Waals surface area contributed by atoms with Gasteiger partial charge in [0.05, 0.1) is 23.7 Å². The van der Waals surface area contributed by atoms with Crippen molar-refractivity contribution in [3.8, 4) is 0 Å². The summed E-state index contributed by atoms with van der Waals surface area (Å²) in [5.41, 5.74) is 5.15. The maximum atomic E-state index is 11.6. The minimum Gasteiger partial charge on any atom is -0.367 e. The van der Waals surface area contributed by atoms with Crippen molar-refractivity contribution in [2.75, 3.05) is 23.0 Å². The van der Waals surface area contributed by atoms with Gasteiger partial charge in [0, 0.05) is 30.5 Å². The van der Waals surface area contributed by atoms with Crippen molar-refractivity contribution in [2.24, 2.45) is 0 Å². The van der Waals surface area contributed by atoms with E-state index in [1.54, 1.807) is 0 Å². The number of nitrogens with zero attached hydrogens (tertiary/aromatic N) is 3. The molecule has 0 amide bonds. The first-order chi connectivity index (χ1) is 11.0. The van der Waals surface area contributed by atoms with Crippen molar-refractivity contribution in [1.82, 2.24) is 9.78 Å². The quantitative estimate of drug-likeness (QED) is 0.864. The van der Waals surface area contributed by atoms with Crippen molar-refractivity contribution < 1.29 is 8.42 Å². The monoisotopic (exact) mass is 331 g/mol. The first-order valence-electron chi connectivity index (χ1n) is 8.08. The number of aromatic nitrogens is 2. The molecule has 1 aromatic carbocycles. The van der Waals surface area contributed by atoms with E-state index in [-0.39, 0.29) is 17.5 Å². The van der Waals surface area contributed by atoms with Gasteiger partial charge in [0.15, 0.2) is 9.84 Å². The molecule has 1 fully saturated rings. The molecule has 2 aromatic rings. The van der Waals surface area contributed by atoms with Crippen LogP contribution < -0.4 is 4.90 Å². The number of fused-ring (bicyclic) bond motifs is 1. The lowest BCUT2D eigenvalue weighted by Crippen LogP contribution is -2.19. The molecule has 1 aromatic heterocycles.